The zero-order valence-electron chi connectivity index (χ0n) is 9.25. The van der Waals surface area contributed by atoms with Crippen LogP contribution in [0.15, 0.2) is 16.7 Å². The average Bonchev–Trinajstić information content (AvgIpc) is 2.62. The number of amides is 1. The Bertz CT molecular complexity index is 452. The summed E-state index contributed by atoms with van der Waals surface area (Å²) in [6, 6.07) is -0.186. The Morgan fingerprint density at radius 2 is 2.11 bits per heavy atom. The Morgan fingerprint density at radius 3 is 2.56 bits per heavy atom. The molecule has 1 aromatic rings. The summed E-state index contributed by atoms with van der Waals surface area (Å²) in [5, 5.41) is 10.6. The number of alkyl halides is 3. The first-order valence-electron chi connectivity index (χ1n) is 4.88. The molecule has 0 aromatic carbocycles. The van der Waals surface area contributed by atoms with Gasteiger partial charge in [0.05, 0.1) is 12.0 Å². The van der Waals surface area contributed by atoms with E-state index in [1.807, 2.05) is 0 Å². The summed E-state index contributed by atoms with van der Waals surface area (Å²) in [4.78, 5) is 21.9. The SMILES string of the molecule is CC(CC(F)(F)F)NC(=O)c1cc(C(=O)O)co1. The van der Waals surface area contributed by atoms with Crippen molar-refractivity contribution in [1.29, 1.82) is 0 Å². The number of carbonyl (C=O) groups excluding carboxylic acids is 1. The standard InChI is InChI=1S/C10H10F3NO4/c1-5(3-10(11,12)13)14-8(15)7-2-6(4-18-7)9(16)17/h2,4-5H,3H2,1H3,(H,14,15)(H,16,17). The maximum absolute atomic E-state index is 12.0. The molecule has 5 nitrogen and oxygen atoms in total. The summed E-state index contributed by atoms with van der Waals surface area (Å²) in [6.45, 7) is 1.19. The lowest BCUT2D eigenvalue weighted by atomic mass is 10.2. The van der Waals surface area contributed by atoms with Gasteiger partial charge in [-0.15, -0.1) is 0 Å². The number of nitrogens with one attached hydrogen (secondary N) is 1. The van der Waals surface area contributed by atoms with Crippen molar-refractivity contribution in [2.45, 2.75) is 25.6 Å². The largest absolute Gasteiger partial charge is 0.478 e. The highest BCUT2D eigenvalue weighted by Crippen LogP contribution is 2.21. The van der Waals surface area contributed by atoms with Crippen molar-refractivity contribution in [3.05, 3.63) is 23.7 Å². The molecule has 1 amide bonds. The lowest BCUT2D eigenvalue weighted by Crippen LogP contribution is -2.35. The number of carbonyl (C=O) groups is 2. The van der Waals surface area contributed by atoms with Gasteiger partial charge in [0.15, 0.2) is 5.76 Å². The second kappa shape index (κ2) is 5.11. The number of hydrogen-bond acceptors (Lipinski definition) is 3. The van der Waals surface area contributed by atoms with Crippen molar-refractivity contribution in [2.75, 3.05) is 0 Å². The van der Waals surface area contributed by atoms with Crippen LogP contribution in [0.1, 0.15) is 34.3 Å². The van der Waals surface area contributed by atoms with E-state index in [9.17, 15) is 22.8 Å². The minimum absolute atomic E-state index is 0.247. The third kappa shape index (κ3) is 4.11. The number of furan rings is 1. The molecule has 0 spiro atoms. The molecule has 1 heterocycles. The molecule has 0 fully saturated rings. The third-order valence-electron chi connectivity index (χ3n) is 1.99. The first-order chi connectivity index (χ1) is 8.19. The predicted molar refractivity (Wildman–Crippen MR) is 53.3 cm³/mol. The van der Waals surface area contributed by atoms with Crippen LogP contribution in [0.2, 0.25) is 0 Å². The number of halogens is 3. The summed E-state index contributed by atoms with van der Waals surface area (Å²) in [5.41, 5.74) is -0.247. The van der Waals surface area contributed by atoms with E-state index in [1.54, 1.807) is 0 Å². The molecule has 1 unspecified atom stereocenters. The van der Waals surface area contributed by atoms with E-state index in [1.165, 1.54) is 6.92 Å². The molecule has 1 rings (SSSR count). The maximum atomic E-state index is 12.0. The van der Waals surface area contributed by atoms with Gasteiger partial charge in [0.2, 0.25) is 0 Å². The molecule has 0 saturated heterocycles. The molecule has 1 aromatic heterocycles. The van der Waals surface area contributed by atoms with Crippen LogP contribution in [0.3, 0.4) is 0 Å². The smallest absolute Gasteiger partial charge is 0.391 e. The van der Waals surface area contributed by atoms with Gasteiger partial charge in [-0.2, -0.15) is 13.2 Å². The van der Waals surface area contributed by atoms with E-state index in [0.717, 1.165) is 12.3 Å². The van der Waals surface area contributed by atoms with Crippen LogP contribution in [-0.4, -0.2) is 29.2 Å². The molecule has 8 heteroatoms. The minimum Gasteiger partial charge on any atom is -0.478 e. The van der Waals surface area contributed by atoms with Gasteiger partial charge in [-0.25, -0.2) is 4.79 Å². The molecular formula is C10H10F3NO4. The summed E-state index contributed by atoms with van der Waals surface area (Å²) in [5.74, 6) is -2.53. The minimum atomic E-state index is -4.39. The molecule has 1 atom stereocenters. The fraction of sp³-hybridized carbons (Fsp3) is 0.400. The van der Waals surface area contributed by atoms with Crippen LogP contribution < -0.4 is 5.32 Å². The van der Waals surface area contributed by atoms with E-state index in [4.69, 9.17) is 5.11 Å². The van der Waals surface area contributed by atoms with E-state index < -0.39 is 30.5 Å². The van der Waals surface area contributed by atoms with Crippen LogP contribution in [0.25, 0.3) is 0 Å². The van der Waals surface area contributed by atoms with Gasteiger partial charge in [0.1, 0.15) is 6.26 Å². The van der Waals surface area contributed by atoms with Gasteiger partial charge in [-0.3, -0.25) is 4.79 Å². The molecule has 18 heavy (non-hydrogen) atoms. The Labute approximate surface area is 99.6 Å². The molecule has 100 valence electrons. The number of carboxylic acid groups (broad SMARTS) is 1. The highest BCUT2D eigenvalue weighted by Gasteiger charge is 2.31. The predicted octanol–water partition coefficient (Wildman–Crippen LogP) is 2.05. The molecule has 2 N–H and O–H groups in total. The summed E-state index contributed by atoms with van der Waals surface area (Å²) < 4.78 is 40.7. The van der Waals surface area contributed by atoms with Crippen LogP contribution >= 0.6 is 0 Å². The average molecular weight is 265 g/mol. The highest BCUT2D eigenvalue weighted by atomic mass is 19.4. The summed E-state index contributed by atoms with van der Waals surface area (Å²) in [7, 11) is 0. The molecular weight excluding hydrogens is 255 g/mol. The van der Waals surface area contributed by atoms with E-state index >= 15 is 0 Å². The van der Waals surface area contributed by atoms with Crippen molar-refractivity contribution in [1.82, 2.24) is 5.32 Å². The number of aromatic carboxylic acids is 1. The monoisotopic (exact) mass is 265 g/mol. The van der Waals surface area contributed by atoms with Crippen molar-refractivity contribution in [3.8, 4) is 0 Å². The van der Waals surface area contributed by atoms with Gasteiger partial charge in [-0.05, 0) is 6.92 Å². The first-order valence-corrected chi connectivity index (χ1v) is 4.88. The third-order valence-corrected chi connectivity index (χ3v) is 1.99. The van der Waals surface area contributed by atoms with Gasteiger partial charge in [-0.1, -0.05) is 0 Å². The Kier molecular flexibility index (Phi) is 4.00. The number of carboxylic acids is 1. The Hall–Kier alpha value is -1.99. The fourth-order valence-corrected chi connectivity index (χ4v) is 1.26. The number of rotatable bonds is 4. The summed E-state index contributed by atoms with van der Waals surface area (Å²) in [6.07, 6.45) is -4.72. The van der Waals surface area contributed by atoms with E-state index in [-0.39, 0.29) is 11.3 Å². The highest BCUT2D eigenvalue weighted by molar-refractivity contribution is 5.95. The van der Waals surface area contributed by atoms with Crippen LogP contribution in [0.5, 0.6) is 0 Å². The van der Waals surface area contributed by atoms with Crippen molar-refractivity contribution in [3.63, 3.8) is 0 Å². The van der Waals surface area contributed by atoms with Crippen molar-refractivity contribution < 1.29 is 32.3 Å². The lowest BCUT2D eigenvalue weighted by molar-refractivity contribution is -0.138. The second-order valence-electron chi connectivity index (χ2n) is 3.70. The second-order valence-corrected chi connectivity index (χ2v) is 3.70. The van der Waals surface area contributed by atoms with Crippen LogP contribution in [-0.2, 0) is 0 Å². The first kappa shape index (κ1) is 14.1. The van der Waals surface area contributed by atoms with Crippen molar-refractivity contribution >= 4 is 11.9 Å². The quantitative estimate of drug-likeness (QED) is 0.873. The molecule has 0 aliphatic heterocycles. The maximum Gasteiger partial charge on any atom is 0.391 e. The van der Waals surface area contributed by atoms with Crippen molar-refractivity contribution in [2.24, 2.45) is 0 Å². The summed E-state index contributed by atoms with van der Waals surface area (Å²) >= 11 is 0. The van der Waals surface area contributed by atoms with Gasteiger partial charge in [0, 0.05) is 12.1 Å². The van der Waals surface area contributed by atoms with Crippen LogP contribution in [0.4, 0.5) is 13.2 Å². The zero-order valence-corrected chi connectivity index (χ0v) is 9.25. The fourth-order valence-electron chi connectivity index (χ4n) is 1.26. The molecule has 0 bridgehead atoms. The Morgan fingerprint density at radius 1 is 1.50 bits per heavy atom. The normalized spacial score (nSPS) is 13.1. The number of hydrogen-bond donors (Lipinski definition) is 2. The Balaban J connectivity index is 2.62. The van der Waals surface area contributed by atoms with E-state index in [0.29, 0.717) is 0 Å². The lowest BCUT2D eigenvalue weighted by Gasteiger charge is -2.14. The zero-order chi connectivity index (χ0) is 13.9. The molecule has 0 aliphatic carbocycles. The van der Waals surface area contributed by atoms with Gasteiger partial charge >= 0.3 is 12.1 Å². The van der Waals surface area contributed by atoms with E-state index in [2.05, 4.69) is 9.73 Å². The molecule has 0 radical (unpaired) electrons. The van der Waals surface area contributed by atoms with Gasteiger partial charge < -0.3 is 14.8 Å². The molecule has 0 saturated carbocycles. The topological polar surface area (TPSA) is 79.5 Å². The van der Waals surface area contributed by atoms with Gasteiger partial charge in [0.25, 0.3) is 5.91 Å². The van der Waals surface area contributed by atoms with Crippen LogP contribution in [0, 0.1) is 0 Å². The molecule has 0 aliphatic rings.